The number of hydrogen-bond donors (Lipinski definition) is 0. The van der Waals surface area contributed by atoms with Crippen molar-refractivity contribution in [3.8, 4) is 5.75 Å². The van der Waals surface area contributed by atoms with Gasteiger partial charge in [0.05, 0.1) is 5.69 Å². The van der Waals surface area contributed by atoms with Crippen LogP contribution in [0, 0.1) is 6.92 Å². The van der Waals surface area contributed by atoms with Crippen LogP contribution in [0.2, 0.25) is 0 Å². The van der Waals surface area contributed by atoms with E-state index >= 15 is 0 Å². The summed E-state index contributed by atoms with van der Waals surface area (Å²) in [7, 11) is 0. The minimum absolute atomic E-state index is 0.109. The molecule has 2 nitrogen and oxygen atoms in total. The van der Waals surface area contributed by atoms with Gasteiger partial charge in [0.25, 0.3) is 0 Å². The van der Waals surface area contributed by atoms with Gasteiger partial charge in [0.2, 0.25) is 0 Å². The summed E-state index contributed by atoms with van der Waals surface area (Å²) < 4.78 is 5.80. The van der Waals surface area contributed by atoms with Crippen molar-refractivity contribution >= 4 is 11.3 Å². The van der Waals surface area contributed by atoms with Crippen LogP contribution in [0.1, 0.15) is 37.0 Å². The highest BCUT2D eigenvalue weighted by atomic mass is 32.1. The van der Waals surface area contributed by atoms with Crippen molar-refractivity contribution < 1.29 is 4.74 Å². The summed E-state index contributed by atoms with van der Waals surface area (Å²) in [6.07, 6.45) is 0. The Labute approximate surface area is 113 Å². The van der Waals surface area contributed by atoms with Gasteiger partial charge in [-0.15, -0.1) is 11.3 Å². The highest BCUT2D eigenvalue weighted by Crippen LogP contribution is 2.25. The third kappa shape index (κ3) is 3.10. The molecule has 0 bridgehead atoms. The number of benzene rings is 1. The van der Waals surface area contributed by atoms with Crippen molar-refractivity contribution in [3.05, 3.63) is 45.9 Å². The second kappa shape index (κ2) is 5.11. The van der Waals surface area contributed by atoms with Gasteiger partial charge in [-0.3, -0.25) is 0 Å². The molecule has 96 valence electrons. The molecular formula is C15H19NOS. The molecule has 0 aliphatic heterocycles. The molecule has 0 unspecified atom stereocenters. The van der Waals surface area contributed by atoms with E-state index in [4.69, 9.17) is 4.74 Å². The first-order valence-electron chi connectivity index (χ1n) is 6.10. The highest BCUT2D eigenvalue weighted by Gasteiger charge is 2.17. The number of aryl methyl sites for hydroxylation is 1. The standard InChI is InChI=1S/C15H19NOS/c1-11-7-5-6-8-12(11)17-9-14-16-13(10-18-14)15(2,3)4/h5-8,10H,9H2,1-4H3. The van der Waals surface area contributed by atoms with Crippen LogP contribution < -0.4 is 4.74 Å². The smallest absolute Gasteiger partial charge is 0.140 e. The van der Waals surface area contributed by atoms with Crippen molar-refractivity contribution in [2.45, 2.75) is 39.7 Å². The summed E-state index contributed by atoms with van der Waals surface area (Å²) in [6, 6.07) is 8.05. The Morgan fingerprint density at radius 2 is 1.94 bits per heavy atom. The van der Waals surface area contributed by atoms with Crippen LogP contribution >= 0.6 is 11.3 Å². The number of para-hydroxylation sites is 1. The van der Waals surface area contributed by atoms with Gasteiger partial charge in [-0.05, 0) is 18.6 Å². The zero-order valence-corrected chi connectivity index (χ0v) is 12.2. The van der Waals surface area contributed by atoms with Crippen LogP contribution in [0.25, 0.3) is 0 Å². The average molecular weight is 261 g/mol. The minimum Gasteiger partial charge on any atom is -0.486 e. The van der Waals surface area contributed by atoms with E-state index in [1.165, 1.54) is 0 Å². The van der Waals surface area contributed by atoms with Gasteiger partial charge >= 0.3 is 0 Å². The van der Waals surface area contributed by atoms with E-state index in [1.54, 1.807) is 11.3 Å². The van der Waals surface area contributed by atoms with Gasteiger partial charge in [0.1, 0.15) is 17.4 Å². The molecule has 3 heteroatoms. The molecule has 2 aromatic rings. The molecule has 1 aromatic carbocycles. The van der Waals surface area contributed by atoms with E-state index in [-0.39, 0.29) is 5.41 Å². The van der Waals surface area contributed by atoms with Crippen LogP contribution in [0.4, 0.5) is 0 Å². The predicted molar refractivity (Wildman–Crippen MR) is 76.3 cm³/mol. The molecule has 0 spiro atoms. The first-order valence-corrected chi connectivity index (χ1v) is 6.98. The monoisotopic (exact) mass is 261 g/mol. The molecule has 0 saturated carbocycles. The molecule has 0 N–H and O–H groups in total. The zero-order chi connectivity index (χ0) is 13.2. The van der Waals surface area contributed by atoms with Gasteiger partial charge in [0, 0.05) is 10.8 Å². The first-order chi connectivity index (χ1) is 8.47. The van der Waals surface area contributed by atoms with Crippen LogP contribution in [0.3, 0.4) is 0 Å². The van der Waals surface area contributed by atoms with Crippen molar-refractivity contribution in [1.29, 1.82) is 0 Å². The van der Waals surface area contributed by atoms with Crippen molar-refractivity contribution in [3.63, 3.8) is 0 Å². The van der Waals surface area contributed by atoms with Gasteiger partial charge < -0.3 is 4.74 Å². The van der Waals surface area contributed by atoms with E-state index in [0.717, 1.165) is 22.0 Å². The lowest BCUT2D eigenvalue weighted by atomic mass is 9.93. The Morgan fingerprint density at radius 1 is 1.22 bits per heavy atom. The van der Waals surface area contributed by atoms with Gasteiger partial charge in [-0.1, -0.05) is 39.0 Å². The molecular weight excluding hydrogens is 242 g/mol. The number of hydrogen-bond acceptors (Lipinski definition) is 3. The highest BCUT2D eigenvalue weighted by molar-refractivity contribution is 7.09. The zero-order valence-electron chi connectivity index (χ0n) is 11.4. The number of ether oxygens (including phenoxy) is 1. The second-order valence-corrected chi connectivity index (χ2v) is 6.37. The number of nitrogens with zero attached hydrogens (tertiary/aromatic N) is 1. The van der Waals surface area contributed by atoms with E-state index in [9.17, 15) is 0 Å². The molecule has 0 aliphatic carbocycles. The largest absolute Gasteiger partial charge is 0.486 e. The molecule has 0 saturated heterocycles. The summed E-state index contributed by atoms with van der Waals surface area (Å²) in [5.74, 6) is 0.935. The predicted octanol–water partition coefficient (Wildman–Crippen LogP) is 4.33. The van der Waals surface area contributed by atoms with E-state index in [0.29, 0.717) is 6.61 Å². The Balaban J connectivity index is 2.03. The maximum absolute atomic E-state index is 5.80. The van der Waals surface area contributed by atoms with Crippen molar-refractivity contribution in [1.82, 2.24) is 4.98 Å². The molecule has 1 heterocycles. The molecule has 0 aliphatic rings. The summed E-state index contributed by atoms with van der Waals surface area (Å²) in [5.41, 5.74) is 2.40. The first kappa shape index (κ1) is 13.1. The normalized spacial score (nSPS) is 11.6. The van der Waals surface area contributed by atoms with Gasteiger partial charge in [-0.2, -0.15) is 0 Å². The lowest BCUT2D eigenvalue weighted by molar-refractivity contribution is 0.303. The van der Waals surface area contributed by atoms with Crippen LogP contribution in [0.15, 0.2) is 29.6 Å². The topological polar surface area (TPSA) is 22.1 Å². The average Bonchev–Trinajstić information content (AvgIpc) is 2.76. The van der Waals surface area contributed by atoms with E-state index in [2.05, 4.69) is 44.1 Å². The molecule has 0 fully saturated rings. The second-order valence-electron chi connectivity index (χ2n) is 5.43. The lowest BCUT2D eigenvalue weighted by Crippen LogP contribution is -2.11. The summed E-state index contributed by atoms with van der Waals surface area (Å²) in [4.78, 5) is 4.62. The summed E-state index contributed by atoms with van der Waals surface area (Å²) in [6.45, 7) is 9.12. The van der Waals surface area contributed by atoms with Crippen LogP contribution in [-0.4, -0.2) is 4.98 Å². The maximum Gasteiger partial charge on any atom is 0.140 e. The van der Waals surface area contributed by atoms with Crippen molar-refractivity contribution in [2.24, 2.45) is 0 Å². The molecule has 0 atom stereocenters. The molecule has 18 heavy (non-hydrogen) atoms. The summed E-state index contributed by atoms with van der Waals surface area (Å²) >= 11 is 1.67. The Bertz CT molecular complexity index is 525. The van der Waals surface area contributed by atoms with Gasteiger partial charge in [-0.25, -0.2) is 4.98 Å². The molecule has 2 rings (SSSR count). The fourth-order valence-electron chi connectivity index (χ4n) is 1.58. The quantitative estimate of drug-likeness (QED) is 0.820. The van der Waals surface area contributed by atoms with Crippen LogP contribution in [0.5, 0.6) is 5.75 Å². The number of thiazole rings is 1. The van der Waals surface area contributed by atoms with E-state index < -0.39 is 0 Å². The fourth-order valence-corrected chi connectivity index (χ4v) is 2.51. The van der Waals surface area contributed by atoms with Gasteiger partial charge in [0.15, 0.2) is 0 Å². The fraction of sp³-hybridized carbons (Fsp3) is 0.400. The third-order valence-corrected chi connectivity index (χ3v) is 3.59. The molecule has 0 amide bonds. The van der Waals surface area contributed by atoms with E-state index in [1.807, 2.05) is 18.2 Å². The summed E-state index contributed by atoms with van der Waals surface area (Å²) in [5, 5.41) is 3.15. The SMILES string of the molecule is Cc1ccccc1OCc1nc(C(C)(C)C)cs1. The lowest BCUT2D eigenvalue weighted by Gasteiger charge is -2.14. The molecule has 1 aromatic heterocycles. The number of aromatic nitrogens is 1. The Kier molecular flexibility index (Phi) is 3.71. The third-order valence-electron chi connectivity index (χ3n) is 2.76. The van der Waals surface area contributed by atoms with Crippen molar-refractivity contribution in [2.75, 3.05) is 0 Å². The van der Waals surface area contributed by atoms with Crippen LogP contribution in [-0.2, 0) is 12.0 Å². The maximum atomic E-state index is 5.80. The minimum atomic E-state index is 0.109. The number of rotatable bonds is 3. The Hall–Kier alpha value is -1.35. The Morgan fingerprint density at radius 3 is 2.56 bits per heavy atom. The molecule has 0 radical (unpaired) electrons.